The Morgan fingerprint density at radius 3 is 2.24 bits per heavy atom. The summed E-state index contributed by atoms with van der Waals surface area (Å²) in [5.74, 6) is -1.78. The highest BCUT2D eigenvalue weighted by Crippen LogP contribution is 2.44. The van der Waals surface area contributed by atoms with Gasteiger partial charge >= 0.3 is 12.1 Å². The monoisotopic (exact) mass is 450 g/mol. The second-order valence-corrected chi connectivity index (χ2v) is 8.82. The van der Waals surface area contributed by atoms with Crippen LogP contribution in [0.15, 0.2) is 48.5 Å². The third-order valence-corrected chi connectivity index (χ3v) is 6.87. The molecule has 1 aliphatic heterocycles. The summed E-state index contributed by atoms with van der Waals surface area (Å²) in [6.45, 7) is 4.24. The summed E-state index contributed by atoms with van der Waals surface area (Å²) in [4.78, 5) is 38.8. The molecule has 0 aromatic heterocycles. The summed E-state index contributed by atoms with van der Waals surface area (Å²) in [6.07, 6.45) is 0.950. The molecule has 2 unspecified atom stereocenters. The smallest absolute Gasteiger partial charge is 0.407 e. The fraction of sp³-hybridized carbons (Fsp3) is 0.423. The molecule has 1 aliphatic carbocycles. The lowest BCUT2D eigenvalue weighted by Gasteiger charge is -2.28. The van der Waals surface area contributed by atoms with Crippen LogP contribution in [0.5, 0.6) is 0 Å². The number of alkyl carbamates (subject to hydrolysis) is 1. The topological polar surface area (TPSA) is 95.9 Å². The second-order valence-electron chi connectivity index (χ2n) is 8.82. The van der Waals surface area contributed by atoms with Crippen LogP contribution in [-0.4, -0.2) is 53.2 Å². The van der Waals surface area contributed by atoms with Crippen LogP contribution in [0.4, 0.5) is 4.79 Å². The molecule has 4 rings (SSSR count). The van der Waals surface area contributed by atoms with Gasteiger partial charge in [0.2, 0.25) is 5.91 Å². The van der Waals surface area contributed by atoms with E-state index in [9.17, 15) is 19.5 Å². The number of rotatable bonds is 7. The number of fused-ring (bicyclic) bond motifs is 3. The average molecular weight is 451 g/mol. The van der Waals surface area contributed by atoms with Crippen LogP contribution in [0, 0.1) is 5.92 Å². The number of hydrogen-bond acceptors (Lipinski definition) is 4. The third-order valence-electron chi connectivity index (χ3n) is 6.87. The van der Waals surface area contributed by atoms with E-state index in [0.717, 1.165) is 22.3 Å². The number of carboxylic acid groups (broad SMARTS) is 1. The van der Waals surface area contributed by atoms with E-state index >= 15 is 0 Å². The summed E-state index contributed by atoms with van der Waals surface area (Å²) >= 11 is 0. The van der Waals surface area contributed by atoms with Gasteiger partial charge in [-0.05, 0) is 42.0 Å². The van der Waals surface area contributed by atoms with Gasteiger partial charge in [-0.25, -0.2) is 4.79 Å². The number of carboxylic acids is 1. The lowest BCUT2D eigenvalue weighted by molar-refractivity contribution is -0.143. The van der Waals surface area contributed by atoms with Crippen molar-refractivity contribution in [3.63, 3.8) is 0 Å². The summed E-state index contributed by atoms with van der Waals surface area (Å²) in [5, 5.41) is 12.1. The Morgan fingerprint density at radius 1 is 1.09 bits per heavy atom. The zero-order valence-electron chi connectivity index (χ0n) is 19.0. The first-order valence-electron chi connectivity index (χ1n) is 11.6. The SMILES string of the molecule is CCC[C@@H](NC(=O)OCC1c2ccccc2-c2ccccc21)C(=O)N1CCC(C(=O)O)C1C. The van der Waals surface area contributed by atoms with E-state index in [4.69, 9.17) is 4.74 Å². The molecule has 0 spiro atoms. The molecule has 7 heteroatoms. The Kier molecular flexibility index (Phi) is 6.67. The molecule has 2 aromatic rings. The van der Waals surface area contributed by atoms with Crippen molar-refractivity contribution in [3.05, 3.63) is 59.7 Å². The molecule has 2 aliphatic rings. The molecule has 3 atom stereocenters. The van der Waals surface area contributed by atoms with Crippen molar-refractivity contribution >= 4 is 18.0 Å². The van der Waals surface area contributed by atoms with Crippen LogP contribution in [-0.2, 0) is 14.3 Å². The van der Waals surface area contributed by atoms with Gasteiger partial charge in [0.1, 0.15) is 12.6 Å². The van der Waals surface area contributed by atoms with E-state index in [-0.39, 0.29) is 18.4 Å². The number of ether oxygens (including phenoxy) is 1. The molecule has 2 amide bonds. The Balaban J connectivity index is 1.41. The molecular formula is C26H30N2O5. The molecule has 1 fully saturated rings. The fourth-order valence-corrected chi connectivity index (χ4v) is 5.11. The lowest BCUT2D eigenvalue weighted by atomic mass is 9.98. The number of carbonyl (C=O) groups excluding carboxylic acids is 2. The van der Waals surface area contributed by atoms with Gasteiger partial charge < -0.3 is 20.1 Å². The van der Waals surface area contributed by atoms with Gasteiger partial charge in [0.25, 0.3) is 0 Å². The van der Waals surface area contributed by atoms with Gasteiger partial charge in [-0.2, -0.15) is 0 Å². The van der Waals surface area contributed by atoms with Crippen molar-refractivity contribution in [2.24, 2.45) is 5.92 Å². The number of likely N-dealkylation sites (tertiary alicyclic amines) is 1. The number of benzene rings is 2. The van der Waals surface area contributed by atoms with Crippen molar-refractivity contribution in [2.75, 3.05) is 13.2 Å². The van der Waals surface area contributed by atoms with Gasteiger partial charge in [0, 0.05) is 18.5 Å². The maximum Gasteiger partial charge on any atom is 0.407 e. The quantitative estimate of drug-likeness (QED) is 0.664. The largest absolute Gasteiger partial charge is 0.481 e. The van der Waals surface area contributed by atoms with Gasteiger partial charge in [0.15, 0.2) is 0 Å². The molecule has 33 heavy (non-hydrogen) atoms. The number of amides is 2. The number of carbonyl (C=O) groups is 3. The predicted molar refractivity (Wildman–Crippen MR) is 124 cm³/mol. The Morgan fingerprint density at radius 2 is 1.70 bits per heavy atom. The zero-order valence-corrected chi connectivity index (χ0v) is 19.0. The minimum atomic E-state index is -0.894. The molecule has 0 bridgehead atoms. The lowest BCUT2D eigenvalue weighted by Crippen LogP contribution is -2.50. The van der Waals surface area contributed by atoms with E-state index in [1.54, 1.807) is 11.8 Å². The summed E-state index contributed by atoms with van der Waals surface area (Å²) < 4.78 is 5.60. The first-order chi connectivity index (χ1) is 15.9. The van der Waals surface area contributed by atoms with Crippen LogP contribution in [0.2, 0.25) is 0 Å². The molecule has 0 radical (unpaired) electrons. The number of aliphatic carboxylic acids is 1. The number of nitrogens with zero attached hydrogens (tertiary/aromatic N) is 1. The summed E-state index contributed by atoms with van der Waals surface area (Å²) in [6, 6.07) is 15.1. The van der Waals surface area contributed by atoms with Crippen molar-refractivity contribution in [1.82, 2.24) is 10.2 Å². The minimum absolute atomic E-state index is 0.0570. The maximum absolute atomic E-state index is 13.1. The average Bonchev–Trinajstić information content (AvgIpc) is 3.35. The van der Waals surface area contributed by atoms with E-state index in [1.807, 2.05) is 31.2 Å². The summed E-state index contributed by atoms with van der Waals surface area (Å²) in [7, 11) is 0. The predicted octanol–water partition coefficient (Wildman–Crippen LogP) is 4.02. The Labute approximate surface area is 193 Å². The van der Waals surface area contributed by atoms with Crippen molar-refractivity contribution < 1.29 is 24.2 Å². The van der Waals surface area contributed by atoms with Gasteiger partial charge in [-0.3, -0.25) is 9.59 Å². The molecule has 0 saturated carbocycles. The van der Waals surface area contributed by atoms with Crippen LogP contribution < -0.4 is 5.32 Å². The van der Waals surface area contributed by atoms with E-state index in [1.165, 1.54) is 0 Å². The Hall–Kier alpha value is -3.35. The first kappa shape index (κ1) is 22.8. The van der Waals surface area contributed by atoms with Crippen LogP contribution in [0.1, 0.15) is 50.2 Å². The standard InChI is InChI=1S/C26H30N2O5/c1-3-8-23(24(29)28-14-13-17(16(28)2)25(30)31)27-26(32)33-15-22-20-11-6-4-9-18(20)19-10-5-7-12-21(19)22/h4-7,9-12,16-17,22-23H,3,8,13-15H2,1-2H3,(H,27,32)(H,30,31)/t16?,17?,23-/m1/s1. The van der Waals surface area contributed by atoms with Crippen LogP contribution in [0.3, 0.4) is 0 Å². The number of nitrogens with one attached hydrogen (secondary N) is 1. The highest BCUT2D eigenvalue weighted by atomic mass is 16.5. The molecule has 7 nitrogen and oxygen atoms in total. The van der Waals surface area contributed by atoms with Crippen molar-refractivity contribution in [3.8, 4) is 11.1 Å². The van der Waals surface area contributed by atoms with Crippen LogP contribution >= 0.6 is 0 Å². The molecule has 2 aromatic carbocycles. The highest BCUT2D eigenvalue weighted by Gasteiger charge is 2.40. The summed E-state index contributed by atoms with van der Waals surface area (Å²) in [5.41, 5.74) is 4.55. The van der Waals surface area contributed by atoms with E-state index < -0.39 is 30.1 Å². The molecular weight excluding hydrogens is 420 g/mol. The Bertz CT molecular complexity index is 1010. The highest BCUT2D eigenvalue weighted by molar-refractivity contribution is 5.87. The zero-order chi connectivity index (χ0) is 23.5. The van der Waals surface area contributed by atoms with Crippen LogP contribution in [0.25, 0.3) is 11.1 Å². The van der Waals surface area contributed by atoms with Gasteiger partial charge in [-0.1, -0.05) is 61.9 Å². The fourth-order valence-electron chi connectivity index (χ4n) is 5.11. The van der Waals surface area contributed by atoms with E-state index in [0.29, 0.717) is 25.8 Å². The second kappa shape index (κ2) is 9.65. The molecule has 1 saturated heterocycles. The molecule has 2 N–H and O–H groups in total. The molecule has 174 valence electrons. The minimum Gasteiger partial charge on any atom is -0.481 e. The van der Waals surface area contributed by atoms with Crippen molar-refractivity contribution in [1.29, 1.82) is 0 Å². The first-order valence-corrected chi connectivity index (χ1v) is 11.6. The third kappa shape index (κ3) is 4.45. The van der Waals surface area contributed by atoms with Gasteiger partial charge in [0.05, 0.1) is 5.92 Å². The maximum atomic E-state index is 13.1. The van der Waals surface area contributed by atoms with E-state index in [2.05, 4.69) is 29.6 Å². The van der Waals surface area contributed by atoms with Crippen molar-refractivity contribution in [2.45, 2.75) is 51.1 Å². The molecule has 1 heterocycles. The normalized spacial score (nSPS) is 20.1. The number of hydrogen-bond donors (Lipinski definition) is 2. The van der Waals surface area contributed by atoms with Gasteiger partial charge in [-0.15, -0.1) is 0 Å².